The van der Waals surface area contributed by atoms with E-state index in [1.165, 1.54) is 0 Å². The summed E-state index contributed by atoms with van der Waals surface area (Å²) in [5, 5.41) is 0. The normalized spacial score (nSPS) is 10.3. The van der Waals surface area contributed by atoms with Crippen LogP contribution in [-0.2, 0) is 4.74 Å². The molecule has 0 atom stereocenters. The second-order valence-electron chi connectivity index (χ2n) is 4.97. The molecule has 2 rings (SSSR count). The number of carbonyl (C=O) groups is 1. The highest BCUT2D eigenvalue weighted by Crippen LogP contribution is 2.27. The third kappa shape index (κ3) is 4.07. The molecule has 0 saturated heterocycles. The summed E-state index contributed by atoms with van der Waals surface area (Å²) >= 11 is 0. The molecule has 0 radical (unpaired) electrons. The van der Waals surface area contributed by atoms with Gasteiger partial charge in [-0.3, -0.25) is 4.98 Å². The Morgan fingerprint density at radius 2 is 2.05 bits per heavy atom. The van der Waals surface area contributed by atoms with Crippen LogP contribution in [0.25, 0.3) is 11.3 Å². The molecule has 0 fully saturated rings. The highest BCUT2D eigenvalue weighted by atomic mass is 16.5. The van der Waals surface area contributed by atoms with E-state index in [0.717, 1.165) is 30.5 Å². The number of hydrogen-bond donors (Lipinski definition) is 0. The molecule has 1 heterocycles. The van der Waals surface area contributed by atoms with Crippen LogP contribution in [0.2, 0.25) is 0 Å². The second-order valence-corrected chi connectivity index (χ2v) is 4.97. The summed E-state index contributed by atoms with van der Waals surface area (Å²) in [6, 6.07) is 10.9. The van der Waals surface area contributed by atoms with Gasteiger partial charge in [-0.15, -0.1) is 0 Å². The Labute approximate surface area is 131 Å². The summed E-state index contributed by atoms with van der Waals surface area (Å²) in [4.78, 5) is 16.6. The number of methoxy groups -OCH3 is 1. The lowest BCUT2D eigenvalue weighted by Gasteiger charge is -2.11. The van der Waals surface area contributed by atoms with E-state index in [4.69, 9.17) is 9.47 Å². The summed E-state index contributed by atoms with van der Waals surface area (Å²) < 4.78 is 10.6. The lowest BCUT2D eigenvalue weighted by atomic mass is 10.0. The van der Waals surface area contributed by atoms with Gasteiger partial charge in [0.15, 0.2) is 0 Å². The van der Waals surface area contributed by atoms with E-state index < -0.39 is 0 Å². The van der Waals surface area contributed by atoms with Crippen molar-refractivity contribution in [2.75, 3.05) is 13.7 Å². The molecule has 4 nitrogen and oxygen atoms in total. The lowest BCUT2D eigenvalue weighted by molar-refractivity contribution is 0.0499. The third-order valence-electron chi connectivity index (χ3n) is 3.37. The molecule has 4 heteroatoms. The van der Waals surface area contributed by atoms with Gasteiger partial charge in [0.05, 0.1) is 25.0 Å². The van der Waals surface area contributed by atoms with Crippen LogP contribution in [0.5, 0.6) is 5.75 Å². The van der Waals surface area contributed by atoms with Crippen LogP contribution in [0.15, 0.2) is 42.6 Å². The number of aromatic nitrogens is 1. The van der Waals surface area contributed by atoms with Gasteiger partial charge in [-0.2, -0.15) is 0 Å². The zero-order valence-electron chi connectivity index (χ0n) is 13.0. The number of unbranched alkanes of at least 4 members (excludes halogenated alkanes) is 2. The number of carbonyl (C=O) groups excluding carboxylic acids is 1. The topological polar surface area (TPSA) is 48.4 Å². The molecule has 0 spiro atoms. The van der Waals surface area contributed by atoms with E-state index in [2.05, 4.69) is 11.9 Å². The van der Waals surface area contributed by atoms with E-state index in [9.17, 15) is 4.79 Å². The summed E-state index contributed by atoms with van der Waals surface area (Å²) in [6.07, 6.45) is 4.74. The Balaban J connectivity index is 2.25. The van der Waals surface area contributed by atoms with Gasteiger partial charge in [-0.25, -0.2) is 4.79 Å². The standard InChI is InChI=1S/C18H21NO3/c1-3-4-7-12-22-18(20)15-10-9-14(21-2)13-16(15)17-8-5-6-11-19-17/h5-6,8-11,13H,3-4,7,12H2,1-2H3. The van der Waals surface area contributed by atoms with Gasteiger partial charge in [0.1, 0.15) is 5.75 Å². The summed E-state index contributed by atoms with van der Waals surface area (Å²) in [7, 11) is 1.60. The summed E-state index contributed by atoms with van der Waals surface area (Å²) in [5.41, 5.74) is 1.96. The van der Waals surface area contributed by atoms with Gasteiger partial charge < -0.3 is 9.47 Å². The van der Waals surface area contributed by atoms with Crippen molar-refractivity contribution >= 4 is 5.97 Å². The van der Waals surface area contributed by atoms with Crippen molar-refractivity contribution in [3.05, 3.63) is 48.2 Å². The van der Waals surface area contributed by atoms with Crippen LogP contribution in [0.1, 0.15) is 36.5 Å². The van der Waals surface area contributed by atoms with Crippen LogP contribution in [0.4, 0.5) is 0 Å². The number of rotatable bonds is 7. The minimum Gasteiger partial charge on any atom is -0.497 e. The fraction of sp³-hybridized carbons (Fsp3) is 0.333. The minimum absolute atomic E-state index is 0.320. The molecule has 0 aliphatic carbocycles. The number of benzene rings is 1. The first-order valence-corrected chi connectivity index (χ1v) is 7.52. The molecule has 0 amide bonds. The molecular formula is C18H21NO3. The van der Waals surface area contributed by atoms with Crippen LogP contribution in [-0.4, -0.2) is 24.7 Å². The number of esters is 1. The first-order valence-electron chi connectivity index (χ1n) is 7.52. The third-order valence-corrected chi connectivity index (χ3v) is 3.37. The smallest absolute Gasteiger partial charge is 0.338 e. The van der Waals surface area contributed by atoms with Crippen LogP contribution >= 0.6 is 0 Å². The molecule has 0 aliphatic rings. The van der Waals surface area contributed by atoms with Gasteiger partial charge in [0.2, 0.25) is 0 Å². The fourth-order valence-electron chi connectivity index (χ4n) is 2.16. The predicted molar refractivity (Wildman–Crippen MR) is 86.0 cm³/mol. The van der Waals surface area contributed by atoms with E-state index in [1.54, 1.807) is 25.4 Å². The molecule has 1 aromatic heterocycles. The molecule has 0 unspecified atom stereocenters. The van der Waals surface area contributed by atoms with Crippen molar-refractivity contribution in [1.82, 2.24) is 4.98 Å². The van der Waals surface area contributed by atoms with Crippen LogP contribution < -0.4 is 4.74 Å². The Hall–Kier alpha value is -2.36. The largest absolute Gasteiger partial charge is 0.497 e. The highest BCUT2D eigenvalue weighted by molar-refractivity contribution is 5.97. The Morgan fingerprint density at radius 3 is 2.73 bits per heavy atom. The Morgan fingerprint density at radius 1 is 1.18 bits per heavy atom. The van der Waals surface area contributed by atoms with E-state index in [1.807, 2.05) is 24.3 Å². The summed E-state index contributed by atoms with van der Waals surface area (Å²) in [6.45, 7) is 2.56. The molecule has 116 valence electrons. The maximum atomic E-state index is 12.3. The predicted octanol–water partition coefficient (Wildman–Crippen LogP) is 4.10. The average molecular weight is 299 g/mol. The monoisotopic (exact) mass is 299 g/mol. The molecular weight excluding hydrogens is 278 g/mol. The van der Waals surface area contributed by atoms with Crippen molar-refractivity contribution in [2.45, 2.75) is 26.2 Å². The molecule has 2 aromatic rings. The van der Waals surface area contributed by atoms with Crippen molar-refractivity contribution in [2.24, 2.45) is 0 Å². The SMILES string of the molecule is CCCCCOC(=O)c1ccc(OC)cc1-c1ccccn1. The maximum Gasteiger partial charge on any atom is 0.338 e. The maximum absolute atomic E-state index is 12.3. The zero-order valence-corrected chi connectivity index (χ0v) is 13.0. The van der Waals surface area contributed by atoms with Gasteiger partial charge in [-0.05, 0) is 36.8 Å². The van der Waals surface area contributed by atoms with Crippen molar-refractivity contribution in [3.63, 3.8) is 0 Å². The quantitative estimate of drug-likeness (QED) is 0.570. The van der Waals surface area contributed by atoms with Gasteiger partial charge >= 0.3 is 5.97 Å². The molecule has 1 aromatic carbocycles. The van der Waals surface area contributed by atoms with Crippen LogP contribution in [0, 0.1) is 0 Å². The Kier molecular flexibility index (Phi) is 5.95. The summed E-state index contributed by atoms with van der Waals surface area (Å²) in [5.74, 6) is 0.364. The van der Waals surface area contributed by atoms with E-state index >= 15 is 0 Å². The van der Waals surface area contributed by atoms with Crippen molar-refractivity contribution < 1.29 is 14.3 Å². The highest BCUT2D eigenvalue weighted by Gasteiger charge is 2.16. The molecule has 0 bridgehead atoms. The number of ether oxygens (including phenoxy) is 2. The average Bonchev–Trinajstić information content (AvgIpc) is 2.58. The van der Waals surface area contributed by atoms with Crippen molar-refractivity contribution in [3.8, 4) is 17.0 Å². The van der Waals surface area contributed by atoms with Gasteiger partial charge in [-0.1, -0.05) is 25.8 Å². The first-order chi connectivity index (χ1) is 10.8. The van der Waals surface area contributed by atoms with Gasteiger partial charge in [0, 0.05) is 11.8 Å². The fourth-order valence-corrected chi connectivity index (χ4v) is 2.16. The van der Waals surface area contributed by atoms with E-state index in [-0.39, 0.29) is 5.97 Å². The number of nitrogens with zero attached hydrogens (tertiary/aromatic N) is 1. The lowest BCUT2D eigenvalue weighted by Crippen LogP contribution is -2.08. The molecule has 22 heavy (non-hydrogen) atoms. The molecule has 0 N–H and O–H groups in total. The minimum atomic E-state index is -0.320. The number of hydrogen-bond acceptors (Lipinski definition) is 4. The van der Waals surface area contributed by atoms with Gasteiger partial charge in [0.25, 0.3) is 0 Å². The number of pyridine rings is 1. The first kappa shape index (κ1) is 16.0. The van der Waals surface area contributed by atoms with E-state index in [0.29, 0.717) is 17.9 Å². The zero-order chi connectivity index (χ0) is 15.8. The van der Waals surface area contributed by atoms with Crippen molar-refractivity contribution in [1.29, 1.82) is 0 Å². The molecule has 0 aliphatic heterocycles. The second kappa shape index (κ2) is 8.17. The Bertz CT molecular complexity index is 611. The molecule has 0 saturated carbocycles. The van der Waals surface area contributed by atoms with Crippen LogP contribution in [0.3, 0.4) is 0 Å².